The van der Waals surface area contributed by atoms with Gasteiger partial charge in [0.2, 0.25) is 11.8 Å². The van der Waals surface area contributed by atoms with Gasteiger partial charge in [-0.3, -0.25) is 9.59 Å². The quantitative estimate of drug-likeness (QED) is 0.261. The molecule has 1 fully saturated rings. The zero-order valence-electron chi connectivity index (χ0n) is 15.1. The van der Waals surface area contributed by atoms with Crippen molar-refractivity contribution < 1.29 is 9.59 Å². The number of nitrogens with two attached hydrogens (primary N) is 1. The molecule has 0 saturated carbocycles. The molecule has 0 spiro atoms. The highest BCUT2D eigenvalue weighted by atomic mass is 127. The molecule has 3 N–H and O–H groups in total. The normalized spacial score (nSPS) is 17.9. The first-order valence-electron chi connectivity index (χ1n) is 8.45. The van der Waals surface area contributed by atoms with E-state index in [-0.39, 0.29) is 48.3 Å². The Morgan fingerprint density at radius 3 is 2.67 bits per heavy atom. The van der Waals surface area contributed by atoms with Gasteiger partial charge in [-0.15, -0.1) is 24.0 Å². The molecule has 1 saturated heterocycles. The molecule has 1 atom stereocenters. The largest absolute Gasteiger partial charge is 0.370 e. The molecule has 7 nitrogen and oxygen atoms in total. The van der Waals surface area contributed by atoms with Gasteiger partial charge < -0.3 is 20.9 Å². The molecule has 0 aliphatic carbocycles. The summed E-state index contributed by atoms with van der Waals surface area (Å²) in [6.45, 7) is 4.76. The van der Waals surface area contributed by atoms with Gasteiger partial charge in [0.15, 0.2) is 5.96 Å². The number of aliphatic imine (C=N–C) groups is 1. The molecule has 0 aromatic carbocycles. The Bertz CT molecular complexity index is 429. The number of nitrogens with zero attached hydrogens (tertiary/aromatic N) is 3. The number of unbranched alkanes of at least 4 members (excludes halogenated alkanes) is 1. The van der Waals surface area contributed by atoms with Crippen LogP contribution in [0.3, 0.4) is 0 Å². The lowest BCUT2D eigenvalue weighted by Crippen LogP contribution is -2.47. The average Bonchev–Trinajstić information content (AvgIpc) is 2.49. The third kappa shape index (κ3) is 8.70. The lowest BCUT2D eigenvalue weighted by Gasteiger charge is -2.34. The SMILES string of the molecule is CCCCNC(=NCC(=O)N(C)C)N1CCCC(CC(N)=O)C1.I. The van der Waals surface area contributed by atoms with Crippen LogP contribution in [0.1, 0.15) is 39.0 Å². The van der Waals surface area contributed by atoms with Crippen LogP contribution in [0.2, 0.25) is 0 Å². The van der Waals surface area contributed by atoms with E-state index in [1.54, 1.807) is 19.0 Å². The van der Waals surface area contributed by atoms with Gasteiger partial charge in [-0.25, -0.2) is 4.99 Å². The number of carbonyl (C=O) groups excluding carboxylic acids is 2. The first kappa shape index (κ1) is 22.9. The molecule has 24 heavy (non-hydrogen) atoms. The van der Waals surface area contributed by atoms with E-state index in [2.05, 4.69) is 22.1 Å². The molecule has 1 aliphatic heterocycles. The standard InChI is InChI=1S/C16H31N5O2.HI/c1-4-5-8-18-16(19-11-15(23)20(2)3)21-9-6-7-13(12-21)10-14(17)22;/h13H,4-12H2,1-3H3,(H2,17,22)(H,18,19);1H. The third-order valence-corrected chi connectivity index (χ3v) is 3.98. The fourth-order valence-corrected chi connectivity index (χ4v) is 2.64. The number of piperidine rings is 1. The van der Waals surface area contributed by atoms with Crippen molar-refractivity contribution in [3.05, 3.63) is 0 Å². The van der Waals surface area contributed by atoms with Crippen molar-refractivity contribution in [2.75, 3.05) is 40.3 Å². The second-order valence-electron chi connectivity index (χ2n) is 6.33. The molecule has 2 amide bonds. The number of likely N-dealkylation sites (N-methyl/N-ethyl adjacent to an activating group) is 1. The lowest BCUT2D eigenvalue weighted by atomic mass is 9.95. The van der Waals surface area contributed by atoms with E-state index in [1.807, 2.05) is 0 Å². The highest BCUT2D eigenvalue weighted by Gasteiger charge is 2.23. The number of rotatable bonds is 7. The predicted molar refractivity (Wildman–Crippen MR) is 107 cm³/mol. The number of guanidine groups is 1. The number of nitrogens with one attached hydrogen (secondary N) is 1. The zero-order chi connectivity index (χ0) is 17.2. The Morgan fingerprint density at radius 1 is 1.38 bits per heavy atom. The molecule has 8 heteroatoms. The molecular formula is C16H32IN5O2. The second-order valence-corrected chi connectivity index (χ2v) is 6.33. The van der Waals surface area contributed by atoms with Crippen LogP contribution in [0.4, 0.5) is 0 Å². The van der Waals surface area contributed by atoms with Crippen molar-refractivity contribution in [3.8, 4) is 0 Å². The summed E-state index contributed by atoms with van der Waals surface area (Å²) in [4.78, 5) is 31.1. The Kier molecular flexibility index (Phi) is 11.8. The predicted octanol–water partition coefficient (Wildman–Crippen LogP) is 1.03. The van der Waals surface area contributed by atoms with Crippen LogP contribution < -0.4 is 11.1 Å². The maximum atomic E-state index is 11.8. The first-order valence-corrected chi connectivity index (χ1v) is 8.45. The van der Waals surface area contributed by atoms with Gasteiger partial charge in [-0.2, -0.15) is 0 Å². The van der Waals surface area contributed by atoms with Gasteiger partial charge in [0.25, 0.3) is 0 Å². The number of halogens is 1. The van der Waals surface area contributed by atoms with E-state index < -0.39 is 0 Å². The van der Waals surface area contributed by atoms with E-state index in [9.17, 15) is 9.59 Å². The average molecular weight is 453 g/mol. The number of hydrogen-bond donors (Lipinski definition) is 2. The second kappa shape index (κ2) is 12.3. The topological polar surface area (TPSA) is 91.0 Å². The number of primary amides is 1. The van der Waals surface area contributed by atoms with Crippen molar-refractivity contribution in [2.24, 2.45) is 16.6 Å². The monoisotopic (exact) mass is 453 g/mol. The molecule has 1 aliphatic rings. The highest BCUT2D eigenvalue weighted by Crippen LogP contribution is 2.19. The van der Waals surface area contributed by atoms with Crippen molar-refractivity contribution in [3.63, 3.8) is 0 Å². The van der Waals surface area contributed by atoms with Crippen LogP contribution in [0, 0.1) is 5.92 Å². The van der Waals surface area contributed by atoms with Crippen LogP contribution in [-0.4, -0.2) is 67.8 Å². The van der Waals surface area contributed by atoms with Crippen molar-refractivity contribution in [1.29, 1.82) is 0 Å². The zero-order valence-corrected chi connectivity index (χ0v) is 17.4. The fourth-order valence-electron chi connectivity index (χ4n) is 2.64. The van der Waals surface area contributed by atoms with Gasteiger partial charge in [0.05, 0.1) is 0 Å². The fraction of sp³-hybridized carbons (Fsp3) is 0.812. The van der Waals surface area contributed by atoms with Gasteiger partial charge in [0, 0.05) is 40.2 Å². The molecular weight excluding hydrogens is 421 g/mol. The Labute approximate surface area is 162 Å². The number of likely N-dealkylation sites (tertiary alicyclic amines) is 1. The Morgan fingerprint density at radius 2 is 2.08 bits per heavy atom. The molecule has 1 rings (SSSR count). The highest BCUT2D eigenvalue weighted by molar-refractivity contribution is 14.0. The van der Waals surface area contributed by atoms with Crippen LogP contribution in [0.15, 0.2) is 4.99 Å². The maximum Gasteiger partial charge on any atom is 0.243 e. The first-order chi connectivity index (χ1) is 10.9. The van der Waals surface area contributed by atoms with E-state index in [0.717, 1.165) is 51.3 Å². The van der Waals surface area contributed by atoms with E-state index >= 15 is 0 Å². The molecule has 1 unspecified atom stereocenters. The summed E-state index contributed by atoms with van der Waals surface area (Å²) < 4.78 is 0. The Hall–Kier alpha value is -1.06. The van der Waals surface area contributed by atoms with Gasteiger partial charge in [-0.05, 0) is 25.2 Å². The summed E-state index contributed by atoms with van der Waals surface area (Å²) in [6, 6.07) is 0. The molecule has 0 aromatic rings. The maximum absolute atomic E-state index is 11.8. The van der Waals surface area contributed by atoms with Crippen LogP contribution in [0.25, 0.3) is 0 Å². The van der Waals surface area contributed by atoms with Gasteiger partial charge in [0.1, 0.15) is 6.54 Å². The summed E-state index contributed by atoms with van der Waals surface area (Å²) in [6.07, 6.45) is 4.59. The molecule has 140 valence electrons. The minimum atomic E-state index is -0.253. The van der Waals surface area contributed by atoms with E-state index in [1.165, 1.54) is 0 Å². The molecule has 0 aromatic heterocycles. The summed E-state index contributed by atoms with van der Waals surface area (Å²) in [5.74, 6) is 0.759. The van der Waals surface area contributed by atoms with Gasteiger partial charge >= 0.3 is 0 Å². The summed E-state index contributed by atoms with van der Waals surface area (Å²) in [5.41, 5.74) is 5.32. The van der Waals surface area contributed by atoms with Gasteiger partial charge in [-0.1, -0.05) is 13.3 Å². The number of hydrogen-bond acceptors (Lipinski definition) is 3. The van der Waals surface area contributed by atoms with Crippen LogP contribution in [-0.2, 0) is 9.59 Å². The number of carbonyl (C=O) groups is 2. The van der Waals surface area contributed by atoms with Crippen LogP contribution in [0.5, 0.6) is 0 Å². The minimum absolute atomic E-state index is 0. The molecule has 1 heterocycles. The number of amides is 2. The molecule has 0 bridgehead atoms. The summed E-state index contributed by atoms with van der Waals surface area (Å²) in [5, 5.41) is 3.35. The van der Waals surface area contributed by atoms with Crippen LogP contribution >= 0.6 is 24.0 Å². The van der Waals surface area contributed by atoms with Crippen molar-refractivity contribution in [2.45, 2.75) is 39.0 Å². The van der Waals surface area contributed by atoms with Crippen molar-refractivity contribution in [1.82, 2.24) is 15.1 Å². The smallest absolute Gasteiger partial charge is 0.243 e. The molecule has 0 radical (unpaired) electrons. The third-order valence-electron chi connectivity index (χ3n) is 3.98. The van der Waals surface area contributed by atoms with Crippen molar-refractivity contribution >= 4 is 41.8 Å². The lowest BCUT2D eigenvalue weighted by molar-refractivity contribution is -0.127. The van der Waals surface area contributed by atoms with E-state index in [0.29, 0.717) is 6.42 Å². The summed E-state index contributed by atoms with van der Waals surface area (Å²) in [7, 11) is 3.46. The Balaban J connectivity index is 0.00000529. The minimum Gasteiger partial charge on any atom is -0.370 e. The summed E-state index contributed by atoms with van der Waals surface area (Å²) >= 11 is 0. The van der Waals surface area contributed by atoms with E-state index in [4.69, 9.17) is 5.73 Å².